The first-order valence-electron chi connectivity index (χ1n) is 7.78. The third kappa shape index (κ3) is 3.32. The average Bonchev–Trinajstić information content (AvgIpc) is 3.02. The lowest BCUT2D eigenvalue weighted by Gasteiger charge is -2.07. The van der Waals surface area contributed by atoms with Crippen molar-refractivity contribution in [2.75, 3.05) is 6.54 Å². The van der Waals surface area contributed by atoms with Gasteiger partial charge in [0.15, 0.2) is 11.2 Å². The average molecular weight is 326 g/mol. The number of nitrogens with zero attached hydrogens (tertiary/aromatic N) is 5. The molecule has 2 heterocycles. The summed E-state index contributed by atoms with van der Waals surface area (Å²) >= 11 is 0. The van der Waals surface area contributed by atoms with Crippen LogP contribution in [0.5, 0.6) is 0 Å². The van der Waals surface area contributed by atoms with Gasteiger partial charge in [0.05, 0.1) is 0 Å². The molecule has 2 aromatic heterocycles. The second-order valence-electron chi connectivity index (χ2n) is 5.34. The molecular formula is C16H18N6O2. The number of hydrogen-bond acceptors (Lipinski definition) is 5. The van der Waals surface area contributed by atoms with Gasteiger partial charge < -0.3 is 5.32 Å². The highest BCUT2D eigenvalue weighted by Crippen LogP contribution is 2.01. The summed E-state index contributed by atoms with van der Waals surface area (Å²) in [7, 11) is 0. The zero-order valence-electron chi connectivity index (χ0n) is 13.3. The zero-order valence-corrected chi connectivity index (χ0v) is 13.3. The van der Waals surface area contributed by atoms with Crippen LogP contribution in [0.1, 0.15) is 12.5 Å². The van der Waals surface area contributed by atoms with Gasteiger partial charge in [-0.2, -0.15) is 0 Å². The first-order chi connectivity index (χ1) is 11.7. The first kappa shape index (κ1) is 15.9. The van der Waals surface area contributed by atoms with Crippen molar-refractivity contribution in [3.8, 4) is 0 Å². The fourth-order valence-corrected chi connectivity index (χ4v) is 2.41. The van der Waals surface area contributed by atoms with Crippen molar-refractivity contribution in [3.05, 3.63) is 52.6 Å². The van der Waals surface area contributed by atoms with Crippen molar-refractivity contribution in [3.63, 3.8) is 0 Å². The van der Waals surface area contributed by atoms with Crippen LogP contribution >= 0.6 is 0 Å². The molecule has 124 valence electrons. The topological polar surface area (TPSA) is 94.7 Å². The van der Waals surface area contributed by atoms with Gasteiger partial charge in [-0.3, -0.25) is 14.2 Å². The van der Waals surface area contributed by atoms with Crippen molar-refractivity contribution in [1.29, 1.82) is 0 Å². The summed E-state index contributed by atoms with van der Waals surface area (Å²) in [4.78, 5) is 28.5. The molecule has 0 fully saturated rings. The fraction of sp³-hybridized carbons (Fsp3) is 0.312. The van der Waals surface area contributed by atoms with Crippen LogP contribution in [-0.2, 0) is 24.3 Å². The number of amides is 1. The number of aromatic nitrogens is 5. The van der Waals surface area contributed by atoms with Gasteiger partial charge in [0, 0.05) is 13.1 Å². The summed E-state index contributed by atoms with van der Waals surface area (Å²) in [6.45, 7) is 2.89. The second-order valence-corrected chi connectivity index (χ2v) is 5.34. The van der Waals surface area contributed by atoms with Crippen LogP contribution in [0, 0.1) is 0 Å². The number of carbonyl (C=O) groups is 1. The summed E-state index contributed by atoms with van der Waals surface area (Å²) in [6.07, 6.45) is 2.10. The van der Waals surface area contributed by atoms with Gasteiger partial charge >= 0.3 is 0 Å². The Kier molecular flexibility index (Phi) is 4.64. The number of carbonyl (C=O) groups excluding carboxylic acids is 1. The molecule has 1 aromatic carbocycles. The standard InChI is InChI=1S/C16H18N6O2/c1-2-22-15-14(19-20-22)16(24)21(11-18-15)10-13(23)17-9-8-12-6-4-3-5-7-12/h3-7,11H,2,8-10H2,1H3,(H,17,23). The summed E-state index contributed by atoms with van der Waals surface area (Å²) in [6, 6.07) is 9.88. The molecule has 8 nitrogen and oxygen atoms in total. The quantitative estimate of drug-likeness (QED) is 0.706. The van der Waals surface area contributed by atoms with E-state index in [0.29, 0.717) is 18.7 Å². The van der Waals surface area contributed by atoms with E-state index in [0.717, 1.165) is 12.0 Å². The molecular weight excluding hydrogens is 308 g/mol. The van der Waals surface area contributed by atoms with E-state index in [1.54, 1.807) is 4.68 Å². The Morgan fingerprint density at radius 1 is 1.25 bits per heavy atom. The van der Waals surface area contributed by atoms with Crippen LogP contribution in [0.15, 0.2) is 41.5 Å². The molecule has 0 aliphatic carbocycles. The van der Waals surface area contributed by atoms with Gasteiger partial charge in [-0.15, -0.1) is 5.10 Å². The Balaban J connectivity index is 1.63. The minimum absolute atomic E-state index is 0.0877. The van der Waals surface area contributed by atoms with Crippen LogP contribution in [0.3, 0.4) is 0 Å². The summed E-state index contributed by atoms with van der Waals surface area (Å²) in [5.41, 5.74) is 1.40. The van der Waals surface area contributed by atoms with Crippen molar-refractivity contribution in [2.24, 2.45) is 0 Å². The van der Waals surface area contributed by atoms with Gasteiger partial charge in [0.2, 0.25) is 5.91 Å². The Labute approximate surface area is 138 Å². The molecule has 1 amide bonds. The Bertz CT molecular complexity index is 900. The molecule has 0 spiro atoms. The zero-order chi connectivity index (χ0) is 16.9. The lowest BCUT2D eigenvalue weighted by Crippen LogP contribution is -2.33. The minimum atomic E-state index is -0.363. The molecule has 0 aliphatic rings. The van der Waals surface area contributed by atoms with Crippen molar-refractivity contribution in [1.82, 2.24) is 29.9 Å². The lowest BCUT2D eigenvalue weighted by atomic mass is 10.1. The Morgan fingerprint density at radius 3 is 2.79 bits per heavy atom. The number of aryl methyl sites for hydroxylation is 1. The van der Waals surface area contributed by atoms with Crippen LogP contribution in [0.4, 0.5) is 0 Å². The summed E-state index contributed by atoms with van der Waals surface area (Å²) in [5, 5.41) is 10.5. The number of rotatable bonds is 6. The largest absolute Gasteiger partial charge is 0.354 e. The van der Waals surface area contributed by atoms with Crippen LogP contribution in [0.2, 0.25) is 0 Å². The predicted molar refractivity (Wildman–Crippen MR) is 88.4 cm³/mol. The molecule has 24 heavy (non-hydrogen) atoms. The van der Waals surface area contributed by atoms with Crippen molar-refractivity contribution in [2.45, 2.75) is 26.4 Å². The molecule has 0 unspecified atom stereocenters. The van der Waals surface area contributed by atoms with E-state index in [4.69, 9.17) is 0 Å². The maximum absolute atomic E-state index is 12.3. The van der Waals surface area contributed by atoms with E-state index >= 15 is 0 Å². The second kappa shape index (κ2) is 7.03. The number of nitrogens with one attached hydrogen (secondary N) is 1. The van der Waals surface area contributed by atoms with Crippen molar-refractivity contribution >= 4 is 17.1 Å². The molecule has 0 saturated carbocycles. The molecule has 1 N–H and O–H groups in total. The molecule has 8 heteroatoms. The predicted octanol–water partition coefficient (Wildman–Crippen LogP) is 0.367. The molecule has 0 bridgehead atoms. The third-order valence-electron chi connectivity index (χ3n) is 3.68. The highest BCUT2D eigenvalue weighted by atomic mass is 16.2. The van der Waals surface area contributed by atoms with Gasteiger partial charge in [0.1, 0.15) is 12.9 Å². The number of benzene rings is 1. The molecule has 3 rings (SSSR count). The molecule has 0 aliphatic heterocycles. The summed E-state index contributed by atoms with van der Waals surface area (Å²) < 4.78 is 2.79. The maximum Gasteiger partial charge on any atom is 0.283 e. The van der Waals surface area contributed by atoms with Gasteiger partial charge in [-0.1, -0.05) is 35.5 Å². The highest BCUT2D eigenvalue weighted by Gasteiger charge is 2.12. The van der Waals surface area contributed by atoms with Gasteiger partial charge in [-0.05, 0) is 18.9 Å². The Hall–Kier alpha value is -3.03. The highest BCUT2D eigenvalue weighted by molar-refractivity contribution is 5.76. The first-order valence-corrected chi connectivity index (χ1v) is 7.78. The Morgan fingerprint density at radius 2 is 2.04 bits per heavy atom. The van der Waals surface area contributed by atoms with E-state index in [2.05, 4.69) is 20.6 Å². The molecule has 0 saturated heterocycles. The van der Waals surface area contributed by atoms with Crippen molar-refractivity contribution < 1.29 is 4.79 Å². The summed E-state index contributed by atoms with van der Waals surface area (Å²) in [5.74, 6) is -0.239. The molecule has 3 aromatic rings. The number of hydrogen-bond donors (Lipinski definition) is 1. The third-order valence-corrected chi connectivity index (χ3v) is 3.68. The van der Waals surface area contributed by atoms with Crippen LogP contribution in [0.25, 0.3) is 11.2 Å². The normalized spacial score (nSPS) is 10.9. The van der Waals surface area contributed by atoms with Crippen LogP contribution < -0.4 is 10.9 Å². The molecule has 0 atom stereocenters. The monoisotopic (exact) mass is 326 g/mol. The molecule has 0 radical (unpaired) electrons. The SMILES string of the molecule is CCn1nnc2c(=O)n(CC(=O)NCCc3ccccc3)cnc21. The smallest absolute Gasteiger partial charge is 0.283 e. The fourth-order valence-electron chi connectivity index (χ4n) is 2.41. The van der Waals surface area contributed by atoms with E-state index < -0.39 is 0 Å². The van der Waals surface area contributed by atoms with E-state index in [9.17, 15) is 9.59 Å². The maximum atomic E-state index is 12.3. The van der Waals surface area contributed by atoms with Gasteiger partial charge in [-0.25, -0.2) is 9.67 Å². The van der Waals surface area contributed by atoms with Crippen LogP contribution in [-0.4, -0.2) is 37.0 Å². The van der Waals surface area contributed by atoms with E-state index in [1.807, 2.05) is 37.3 Å². The van der Waals surface area contributed by atoms with E-state index in [1.165, 1.54) is 10.9 Å². The minimum Gasteiger partial charge on any atom is -0.354 e. The lowest BCUT2D eigenvalue weighted by molar-refractivity contribution is -0.121. The van der Waals surface area contributed by atoms with Gasteiger partial charge in [0.25, 0.3) is 5.56 Å². The number of fused-ring (bicyclic) bond motifs is 1. The van der Waals surface area contributed by atoms with E-state index in [-0.39, 0.29) is 23.5 Å².